The van der Waals surface area contributed by atoms with Crippen molar-refractivity contribution in [1.82, 2.24) is 4.90 Å². The molecular weight excluding hydrogens is 384 g/mol. The van der Waals surface area contributed by atoms with Crippen LogP contribution in [0.25, 0.3) is 11.1 Å². The molecule has 29 heavy (non-hydrogen) atoms. The van der Waals surface area contributed by atoms with Crippen LogP contribution in [0.3, 0.4) is 0 Å². The number of likely N-dealkylation sites (tertiary alicyclic amines) is 1. The molecule has 1 aliphatic rings. The largest absolute Gasteiger partial charge is 0.462 e. The number of benzene rings is 1. The van der Waals surface area contributed by atoms with E-state index in [1.165, 1.54) is 17.8 Å². The fourth-order valence-corrected chi connectivity index (χ4v) is 4.92. The van der Waals surface area contributed by atoms with Crippen molar-refractivity contribution in [2.75, 3.05) is 25.0 Å². The summed E-state index contributed by atoms with van der Waals surface area (Å²) in [6, 6.07) is 8.48. The molecule has 5 nitrogen and oxygen atoms in total. The Morgan fingerprint density at radius 1 is 1.21 bits per heavy atom. The molecule has 3 rings (SSSR count). The maximum Gasteiger partial charge on any atom is 0.341 e. The number of aryl methyl sites for hydroxylation is 2. The van der Waals surface area contributed by atoms with Crippen molar-refractivity contribution in [2.45, 2.75) is 53.0 Å². The van der Waals surface area contributed by atoms with Gasteiger partial charge in [-0.05, 0) is 52.6 Å². The number of amides is 1. The molecule has 1 aromatic heterocycles. The molecule has 6 heteroatoms. The molecule has 1 saturated heterocycles. The van der Waals surface area contributed by atoms with Crippen LogP contribution in [0.1, 0.15) is 53.9 Å². The summed E-state index contributed by atoms with van der Waals surface area (Å²) in [6.07, 6.45) is 3.47. The first kappa shape index (κ1) is 21.5. The summed E-state index contributed by atoms with van der Waals surface area (Å²) in [4.78, 5) is 28.7. The highest BCUT2D eigenvalue weighted by molar-refractivity contribution is 7.17. The summed E-state index contributed by atoms with van der Waals surface area (Å²) >= 11 is 1.43. The first-order valence-electron chi connectivity index (χ1n) is 10.3. The number of carbonyl (C=O) groups is 2. The Hall–Kier alpha value is -2.18. The maximum absolute atomic E-state index is 12.8. The van der Waals surface area contributed by atoms with Gasteiger partial charge in [0.1, 0.15) is 10.6 Å². The van der Waals surface area contributed by atoms with Crippen LogP contribution in [-0.4, -0.2) is 42.5 Å². The van der Waals surface area contributed by atoms with Gasteiger partial charge in [0.05, 0.1) is 13.2 Å². The highest BCUT2D eigenvalue weighted by Gasteiger charge is 2.27. The maximum atomic E-state index is 12.8. The number of hydrogen-bond acceptors (Lipinski definition) is 5. The van der Waals surface area contributed by atoms with E-state index in [0.717, 1.165) is 41.0 Å². The van der Waals surface area contributed by atoms with Gasteiger partial charge in [-0.25, -0.2) is 4.79 Å². The fourth-order valence-electron chi connectivity index (χ4n) is 3.84. The molecule has 1 unspecified atom stereocenters. The van der Waals surface area contributed by atoms with E-state index >= 15 is 0 Å². The van der Waals surface area contributed by atoms with Crippen LogP contribution in [0, 0.1) is 13.8 Å². The molecule has 2 heterocycles. The number of nitrogens with one attached hydrogen (secondary N) is 1. The Labute approximate surface area is 177 Å². The molecule has 1 aliphatic heterocycles. The molecule has 1 N–H and O–H groups in total. The highest BCUT2D eigenvalue weighted by atomic mass is 32.1. The third-order valence-electron chi connectivity index (χ3n) is 5.44. The van der Waals surface area contributed by atoms with Crippen LogP contribution < -0.4 is 5.32 Å². The molecule has 0 radical (unpaired) electrons. The Morgan fingerprint density at radius 2 is 1.93 bits per heavy atom. The minimum Gasteiger partial charge on any atom is -0.462 e. The topological polar surface area (TPSA) is 58.6 Å². The average molecular weight is 415 g/mol. The Morgan fingerprint density at radius 3 is 2.59 bits per heavy atom. The van der Waals surface area contributed by atoms with Gasteiger partial charge >= 0.3 is 5.97 Å². The minimum atomic E-state index is -0.394. The molecule has 1 fully saturated rings. The first-order chi connectivity index (χ1) is 13.9. The quantitative estimate of drug-likeness (QED) is 0.674. The number of ether oxygens (including phenoxy) is 1. The number of esters is 1. The normalized spacial score (nSPS) is 17.2. The molecule has 1 atom stereocenters. The fraction of sp³-hybridized carbons (Fsp3) is 0.478. The molecule has 0 bridgehead atoms. The predicted molar refractivity (Wildman–Crippen MR) is 119 cm³/mol. The number of rotatable bonds is 6. The third kappa shape index (κ3) is 5.06. The van der Waals surface area contributed by atoms with Crippen LogP contribution in [-0.2, 0) is 9.53 Å². The summed E-state index contributed by atoms with van der Waals surface area (Å²) in [5.74, 6) is -0.477. The Bertz CT molecular complexity index is 873. The van der Waals surface area contributed by atoms with Crippen LogP contribution >= 0.6 is 11.3 Å². The lowest BCUT2D eigenvalue weighted by Gasteiger charge is -2.32. The standard InChI is InChI=1S/C23H30N2O3S/c1-5-28-23(27)21-20(18-11-9-15(2)10-12-18)17(4)29-22(21)24-19(26)14-25-13-7-6-8-16(25)3/h9-12,16H,5-8,13-14H2,1-4H3,(H,24,26). The molecule has 156 valence electrons. The van der Waals surface area contributed by atoms with Crippen molar-refractivity contribution in [1.29, 1.82) is 0 Å². The van der Waals surface area contributed by atoms with Gasteiger partial charge in [0.25, 0.3) is 0 Å². The smallest absolute Gasteiger partial charge is 0.341 e. The van der Waals surface area contributed by atoms with Crippen LogP contribution in [0.2, 0.25) is 0 Å². The van der Waals surface area contributed by atoms with Gasteiger partial charge in [0.15, 0.2) is 0 Å². The van der Waals surface area contributed by atoms with Crippen LogP contribution in [0.5, 0.6) is 0 Å². The van der Waals surface area contributed by atoms with E-state index in [2.05, 4.69) is 17.1 Å². The van der Waals surface area contributed by atoms with Crippen molar-refractivity contribution in [2.24, 2.45) is 0 Å². The van der Waals surface area contributed by atoms with Gasteiger partial charge in [0, 0.05) is 16.5 Å². The summed E-state index contributed by atoms with van der Waals surface area (Å²) in [6.45, 7) is 9.55. The Kier molecular flexibility index (Phi) is 7.09. The second-order valence-electron chi connectivity index (χ2n) is 7.69. The molecule has 0 saturated carbocycles. The summed E-state index contributed by atoms with van der Waals surface area (Å²) < 4.78 is 5.32. The van der Waals surface area contributed by atoms with Gasteiger partial charge in [-0.1, -0.05) is 36.2 Å². The van der Waals surface area contributed by atoms with E-state index in [1.807, 2.05) is 38.1 Å². The van der Waals surface area contributed by atoms with Crippen molar-refractivity contribution < 1.29 is 14.3 Å². The second-order valence-corrected chi connectivity index (χ2v) is 8.91. The highest BCUT2D eigenvalue weighted by Crippen LogP contribution is 2.40. The van der Waals surface area contributed by atoms with Gasteiger partial charge in [-0.3, -0.25) is 9.69 Å². The zero-order valence-corrected chi connectivity index (χ0v) is 18.5. The number of nitrogens with zero attached hydrogens (tertiary/aromatic N) is 1. The number of thiophene rings is 1. The van der Waals surface area contributed by atoms with Crippen molar-refractivity contribution in [3.8, 4) is 11.1 Å². The van der Waals surface area contributed by atoms with Crippen LogP contribution in [0.15, 0.2) is 24.3 Å². The monoisotopic (exact) mass is 414 g/mol. The van der Waals surface area contributed by atoms with Crippen molar-refractivity contribution in [3.05, 3.63) is 40.3 Å². The zero-order valence-electron chi connectivity index (χ0n) is 17.7. The first-order valence-corrected chi connectivity index (χ1v) is 11.1. The third-order valence-corrected chi connectivity index (χ3v) is 6.46. The van der Waals surface area contributed by atoms with E-state index in [0.29, 0.717) is 29.8 Å². The molecule has 1 aromatic carbocycles. The van der Waals surface area contributed by atoms with Crippen molar-refractivity contribution >= 4 is 28.2 Å². The number of piperidine rings is 1. The van der Waals surface area contributed by atoms with Gasteiger partial charge in [-0.2, -0.15) is 0 Å². The molecule has 1 amide bonds. The average Bonchev–Trinajstić information content (AvgIpc) is 3.00. The van der Waals surface area contributed by atoms with Crippen LogP contribution in [0.4, 0.5) is 5.00 Å². The van der Waals surface area contributed by atoms with Gasteiger partial charge in [-0.15, -0.1) is 11.3 Å². The lowest BCUT2D eigenvalue weighted by molar-refractivity contribution is -0.118. The minimum absolute atomic E-state index is 0.0824. The predicted octanol–water partition coefficient (Wildman–Crippen LogP) is 5.02. The lowest BCUT2D eigenvalue weighted by Crippen LogP contribution is -2.42. The number of carbonyl (C=O) groups excluding carboxylic acids is 2. The molecular formula is C23H30N2O3S. The molecule has 0 aliphatic carbocycles. The second kappa shape index (κ2) is 9.55. The van der Waals surface area contributed by atoms with E-state index < -0.39 is 5.97 Å². The summed E-state index contributed by atoms with van der Waals surface area (Å²) in [5, 5.41) is 3.57. The lowest BCUT2D eigenvalue weighted by atomic mass is 10.0. The summed E-state index contributed by atoms with van der Waals surface area (Å²) in [5.41, 5.74) is 3.41. The van der Waals surface area contributed by atoms with E-state index in [9.17, 15) is 9.59 Å². The molecule has 0 spiro atoms. The Balaban J connectivity index is 1.89. The number of hydrogen-bond donors (Lipinski definition) is 1. The molecule has 2 aromatic rings. The van der Waals surface area contributed by atoms with Gasteiger partial charge in [0.2, 0.25) is 5.91 Å². The van der Waals surface area contributed by atoms with Gasteiger partial charge < -0.3 is 10.1 Å². The van der Waals surface area contributed by atoms with E-state index in [4.69, 9.17) is 4.74 Å². The number of anilines is 1. The summed E-state index contributed by atoms with van der Waals surface area (Å²) in [7, 11) is 0. The van der Waals surface area contributed by atoms with E-state index in [1.54, 1.807) is 6.92 Å². The zero-order chi connectivity index (χ0) is 21.0. The SMILES string of the molecule is CCOC(=O)c1c(NC(=O)CN2CCCCC2C)sc(C)c1-c1ccc(C)cc1. The van der Waals surface area contributed by atoms with E-state index in [-0.39, 0.29) is 5.91 Å². The van der Waals surface area contributed by atoms with Crippen molar-refractivity contribution in [3.63, 3.8) is 0 Å².